The van der Waals surface area contributed by atoms with Gasteiger partial charge in [-0.15, -0.1) is 11.3 Å². The number of nitrogens with zero attached hydrogens (tertiary/aromatic N) is 1. The van der Waals surface area contributed by atoms with E-state index in [0.717, 1.165) is 21.2 Å². The molecule has 8 heteroatoms. The Labute approximate surface area is 198 Å². The Balaban J connectivity index is 1.33. The Morgan fingerprint density at radius 3 is 2.41 bits per heavy atom. The van der Waals surface area contributed by atoms with Crippen LogP contribution >= 0.6 is 34.5 Å². The van der Waals surface area contributed by atoms with Crippen LogP contribution in [0, 0.1) is 0 Å². The number of hydrogen-bond donors (Lipinski definition) is 1. The molecule has 0 bridgehead atoms. The van der Waals surface area contributed by atoms with Crippen molar-refractivity contribution in [3.8, 4) is 5.75 Å². The van der Waals surface area contributed by atoms with Crippen LogP contribution in [0.1, 0.15) is 20.8 Å². The van der Waals surface area contributed by atoms with Crippen molar-refractivity contribution in [2.24, 2.45) is 5.10 Å². The van der Waals surface area contributed by atoms with Crippen LogP contribution in [0.5, 0.6) is 5.75 Å². The van der Waals surface area contributed by atoms with E-state index in [1.54, 1.807) is 48.5 Å². The second-order valence-electron chi connectivity index (χ2n) is 6.80. The van der Waals surface area contributed by atoms with Gasteiger partial charge in [0.15, 0.2) is 0 Å². The van der Waals surface area contributed by atoms with E-state index in [1.165, 1.54) is 17.6 Å². The van der Waals surface area contributed by atoms with Crippen LogP contribution in [0.15, 0.2) is 77.9 Å². The van der Waals surface area contributed by atoms with Gasteiger partial charge in [-0.2, -0.15) is 5.10 Å². The summed E-state index contributed by atoms with van der Waals surface area (Å²) < 4.78 is 6.37. The molecule has 0 radical (unpaired) electrons. The molecule has 4 rings (SSSR count). The number of carbonyl (C=O) groups is 2. The molecule has 0 saturated carbocycles. The second-order valence-corrected chi connectivity index (χ2v) is 8.66. The van der Waals surface area contributed by atoms with Crippen molar-refractivity contribution in [2.75, 3.05) is 0 Å². The van der Waals surface area contributed by atoms with Crippen LogP contribution < -0.4 is 10.2 Å². The quantitative estimate of drug-likeness (QED) is 0.156. The van der Waals surface area contributed by atoms with E-state index in [2.05, 4.69) is 10.5 Å². The molecule has 1 N–H and O–H groups in total. The number of benzene rings is 3. The van der Waals surface area contributed by atoms with Gasteiger partial charge in [-0.05, 0) is 53.6 Å². The summed E-state index contributed by atoms with van der Waals surface area (Å²) in [6.07, 6.45) is 1.71. The number of thiophene rings is 1. The summed E-state index contributed by atoms with van der Waals surface area (Å²) >= 11 is 13.5. The standard InChI is InChI=1S/C24H16Cl2N2O3S/c25-17-9-5-15(6-10-17)13-21(29)28-27-14-16-7-11-18(12-8-16)31-24(30)23-22(26)19-3-1-2-4-20(19)32-23/h1-12,14H,13H2,(H,28,29)/b27-14+. The van der Waals surface area contributed by atoms with E-state index in [1.807, 2.05) is 24.3 Å². The first-order valence-corrected chi connectivity index (χ1v) is 11.1. The molecule has 0 aliphatic rings. The normalized spacial score (nSPS) is 11.1. The van der Waals surface area contributed by atoms with Gasteiger partial charge in [0.1, 0.15) is 10.6 Å². The molecule has 5 nitrogen and oxygen atoms in total. The lowest BCUT2D eigenvalue weighted by Crippen LogP contribution is -2.19. The van der Waals surface area contributed by atoms with Crippen LogP contribution in [0.4, 0.5) is 0 Å². The van der Waals surface area contributed by atoms with Gasteiger partial charge >= 0.3 is 5.97 Å². The number of carbonyl (C=O) groups excluding carboxylic acids is 2. The molecule has 4 aromatic rings. The van der Waals surface area contributed by atoms with E-state index in [-0.39, 0.29) is 12.3 Å². The van der Waals surface area contributed by atoms with E-state index in [9.17, 15) is 9.59 Å². The minimum atomic E-state index is -0.507. The van der Waals surface area contributed by atoms with Gasteiger partial charge in [0.05, 0.1) is 17.7 Å². The number of esters is 1. The maximum Gasteiger partial charge on any atom is 0.355 e. The average molecular weight is 483 g/mol. The molecule has 1 amide bonds. The maximum absolute atomic E-state index is 12.5. The summed E-state index contributed by atoms with van der Waals surface area (Å²) in [7, 11) is 0. The first kappa shape index (κ1) is 22.0. The van der Waals surface area contributed by atoms with Crippen LogP contribution in [0.25, 0.3) is 10.1 Å². The Bertz CT molecular complexity index is 1300. The molecule has 0 saturated heterocycles. The van der Waals surface area contributed by atoms with Gasteiger partial charge < -0.3 is 4.74 Å². The van der Waals surface area contributed by atoms with Gasteiger partial charge in [-0.1, -0.05) is 53.5 Å². The number of nitrogens with one attached hydrogen (secondary N) is 1. The lowest BCUT2D eigenvalue weighted by atomic mass is 10.1. The number of fused-ring (bicyclic) bond motifs is 1. The minimum Gasteiger partial charge on any atom is -0.422 e. The van der Waals surface area contributed by atoms with Crippen molar-refractivity contribution in [3.63, 3.8) is 0 Å². The summed E-state index contributed by atoms with van der Waals surface area (Å²) in [5, 5.41) is 5.80. The van der Waals surface area contributed by atoms with Gasteiger partial charge in [-0.25, -0.2) is 10.2 Å². The molecule has 0 atom stereocenters. The van der Waals surface area contributed by atoms with Gasteiger partial charge in [-0.3, -0.25) is 4.79 Å². The monoisotopic (exact) mass is 482 g/mol. The summed E-state index contributed by atoms with van der Waals surface area (Å²) in [6.45, 7) is 0. The van der Waals surface area contributed by atoms with E-state index >= 15 is 0 Å². The molecule has 0 unspecified atom stereocenters. The largest absolute Gasteiger partial charge is 0.422 e. The molecule has 0 fully saturated rings. The zero-order chi connectivity index (χ0) is 22.5. The summed E-state index contributed by atoms with van der Waals surface area (Å²) in [5.41, 5.74) is 4.05. The topological polar surface area (TPSA) is 67.8 Å². The molecule has 0 spiro atoms. The van der Waals surface area contributed by atoms with E-state index in [4.69, 9.17) is 27.9 Å². The van der Waals surface area contributed by atoms with Gasteiger partial charge in [0.25, 0.3) is 0 Å². The fourth-order valence-electron chi connectivity index (χ4n) is 2.93. The third-order valence-corrected chi connectivity index (χ3v) is 6.40. The molecule has 3 aromatic carbocycles. The molecule has 160 valence electrons. The van der Waals surface area contributed by atoms with Gasteiger partial charge in [0, 0.05) is 15.1 Å². The summed E-state index contributed by atoms with van der Waals surface area (Å²) in [4.78, 5) is 24.9. The number of rotatable bonds is 6. The fourth-order valence-corrected chi connectivity index (χ4v) is 4.44. The first-order chi connectivity index (χ1) is 15.5. The highest BCUT2D eigenvalue weighted by atomic mass is 35.5. The Morgan fingerprint density at radius 1 is 0.969 bits per heavy atom. The smallest absolute Gasteiger partial charge is 0.355 e. The highest BCUT2D eigenvalue weighted by molar-refractivity contribution is 7.21. The number of amides is 1. The van der Waals surface area contributed by atoms with Crippen molar-refractivity contribution in [1.29, 1.82) is 0 Å². The summed E-state index contributed by atoms with van der Waals surface area (Å²) in [6, 6.07) is 21.3. The molecule has 1 aromatic heterocycles. The zero-order valence-electron chi connectivity index (χ0n) is 16.5. The SMILES string of the molecule is O=C(Cc1ccc(Cl)cc1)N/N=C/c1ccc(OC(=O)c2sc3ccccc3c2Cl)cc1. The Morgan fingerprint density at radius 2 is 1.69 bits per heavy atom. The molecule has 0 aliphatic heterocycles. The lowest BCUT2D eigenvalue weighted by molar-refractivity contribution is -0.120. The fraction of sp³-hybridized carbons (Fsp3) is 0.0417. The third-order valence-electron chi connectivity index (χ3n) is 4.49. The Kier molecular flexibility index (Phi) is 6.85. The number of halogens is 2. The van der Waals surface area contributed by atoms with Gasteiger partial charge in [0.2, 0.25) is 5.91 Å². The molecular weight excluding hydrogens is 467 g/mol. The minimum absolute atomic E-state index is 0.198. The van der Waals surface area contributed by atoms with Crippen molar-refractivity contribution >= 4 is 62.7 Å². The lowest BCUT2D eigenvalue weighted by Gasteiger charge is -2.04. The predicted molar refractivity (Wildman–Crippen MR) is 129 cm³/mol. The zero-order valence-corrected chi connectivity index (χ0v) is 18.9. The molecular formula is C24H16Cl2N2O3S. The predicted octanol–water partition coefficient (Wildman–Crippen LogP) is 6.12. The van der Waals surface area contributed by atoms with E-state index in [0.29, 0.717) is 20.7 Å². The molecule has 1 heterocycles. The second kappa shape index (κ2) is 9.96. The van der Waals surface area contributed by atoms with Crippen LogP contribution in [0.2, 0.25) is 10.0 Å². The number of hydrazone groups is 1. The van der Waals surface area contributed by atoms with Crippen molar-refractivity contribution in [1.82, 2.24) is 5.43 Å². The van der Waals surface area contributed by atoms with Crippen LogP contribution in [-0.2, 0) is 11.2 Å². The van der Waals surface area contributed by atoms with Crippen molar-refractivity contribution < 1.29 is 14.3 Å². The third kappa shape index (κ3) is 5.34. The van der Waals surface area contributed by atoms with Crippen LogP contribution in [-0.4, -0.2) is 18.1 Å². The van der Waals surface area contributed by atoms with E-state index < -0.39 is 5.97 Å². The number of ether oxygens (including phenoxy) is 1. The van der Waals surface area contributed by atoms with Crippen molar-refractivity contribution in [3.05, 3.63) is 98.8 Å². The molecule has 0 aliphatic carbocycles. The highest BCUT2D eigenvalue weighted by Crippen LogP contribution is 2.35. The summed E-state index contributed by atoms with van der Waals surface area (Å²) in [5.74, 6) is -0.367. The average Bonchev–Trinajstić information content (AvgIpc) is 3.13. The highest BCUT2D eigenvalue weighted by Gasteiger charge is 2.18. The number of hydrogen-bond acceptors (Lipinski definition) is 5. The maximum atomic E-state index is 12.5. The molecule has 32 heavy (non-hydrogen) atoms. The first-order valence-electron chi connectivity index (χ1n) is 9.55. The van der Waals surface area contributed by atoms with Crippen molar-refractivity contribution in [2.45, 2.75) is 6.42 Å². The van der Waals surface area contributed by atoms with Crippen LogP contribution in [0.3, 0.4) is 0 Å². The Hall–Kier alpha value is -3.19.